The number of piperazine rings is 1. The third-order valence-electron chi connectivity index (χ3n) is 8.78. The van der Waals surface area contributed by atoms with Crippen LogP contribution in [-0.4, -0.2) is 77.3 Å². The van der Waals surface area contributed by atoms with Crippen LogP contribution in [0, 0.1) is 11.3 Å². The van der Waals surface area contributed by atoms with E-state index in [2.05, 4.69) is 16.3 Å². The van der Waals surface area contributed by atoms with E-state index in [-0.39, 0.29) is 24.0 Å². The van der Waals surface area contributed by atoms with Gasteiger partial charge in [0, 0.05) is 46.8 Å². The van der Waals surface area contributed by atoms with Crippen molar-refractivity contribution in [1.29, 1.82) is 5.26 Å². The molecule has 2 heterocycles. The molecule has 264 valence electrons. The number of nitrogens with zero attached hydrogens (tertiary/aromatic N) is 5. The molecule has 50 heavy (non-hydrogen) atoms. The lowest BCUT2D eigenvalue weighted by Crippen LogP contribution is -2.56. The fraction of sp³-hybridized carbons (Fsp3) is 0.421. The molecule has 0 spiro atoms. The molecule has 0 aromatic heterocycles. The highest BCUT2D eigenvalue weighted by Gasteiger charge is 2.45. The number of nitrogens with one attached hydrogen (secondary N) is 1. The van der Waals surface area contributed by atoms with Crippen molar-refractivity contribution in [3.05, 3.63) is 98.0 Å². The van der Waals surface area contributed by atoms with Gasteiger partial charge >= 0.3 is 6.03 Å². The van der Waals surface area contributed by atoms with Gasteiger partial charge in [-0.25, -0.2) is 4.79 Å². The van der Waals surface area contributed by atoms with E-state index in [1.165, 1.54) is 0 Å². The number of hydrogen-bond acceptors (Lipinski definition) is 6. The lowest BCUT2D eigenvalue weighted by molar-refractivity contribution is -0.124. The van der Waals surface area contributed by atoms with E-state index in [0.29, 0.717) is 70.6 Å². The first-order chi connectivity index (χ1) is 23.6. The molecule has 0 bridgehead atoms. The third kappa shape index (κ3) is 8.38. The summed E-state index contributed by atoms with van der Waals surface area (Å²) in [5.74, 6) is 0.810. The zero-order chi connectivity index (χ0) is 36.4. The van der Waals surface area contributed by atoms with Crippen LogP contribution in [0.3, 0.4) is 0 Å². The van der Waals surface area contributed by atoms with Gasteiger partial charge in [-0.1, -0.05) is 59.1 Å². The number of rotatable bonds is 8. The van der Waals surface area contributed by atoms with Gasteiger partial charge < -0.3 is 15.0 Å². The lowest BCUT2D eigenvalue weighted by Gasteiger charge is -2.39. The minimum atomic E-state index is -0.893. The summed E-state index contributed by atoms with van der Waals surface area (Å²) in [4.78, 5) is 38.4. The number of carbonyl (C=O) groups excluding carboxylic acids is 2. The average Bonchev–Trinajstić information content (AvgIpc) is 3.45. The smallest absolute Gasteiger partial charge is 0.326 e. The number of halogens is 3. The zero-order valence-corrected chi connectivity index (χ0v) is 31.5. The number of amidine groups is 1. The maximum Gasteiger partial charge on any atom is 0.326 e. The largest absolute Gasteiger partial charge is 0.493 e. The predicted octanol–water partition coefficient (Wildman–Crippen LogP) is 8.04. The summed E-state index contributed by atoms with van der Waals surface area (Å²) in [5, 5.41) is 14.5. The van der Waals surface area contributed by atoms with E-state index in [9.17, 15) is 14.9 Å². The summed E-state index contributed by atoms with van der Waals surface area (Å²) in [6, 6.07) is 19.4. The summed E-state index contributed by atoms with van der Waals surface area (Å²) in [7, 11) is 0. The Balaban J connectivity index is 1.60. The fourth-order valence-corrected chi connectivity index (χ4v) is 6.96. The second kappa shape index (κ2) is 15.2. The predicted molar refractivity (Wildman–Crippen MR) is 199 cm³/mol. The van der Waals surface area contributed by atoms with Crippen molar-refractivity contribution in [1.82, 2.24) is 20.0 Å². The molecule has 0 unspecified atom stereocenters. The number of urea groups is 1. The molecule has 9 nitrogen and oxygen atoms in total. The molecule has 0 radical (unpaired) electrons. The van der Waals surface area contributed by atoms with Crippen LogP contribution in [0.5, 0.6) is 5.75 Å². The summed E-state index contributed by atoms with van der Waals surface area (Å²) < 4.78 is 6.18. The van der Waals surface area contributed by atoms with Gasteiger partial charge in [0.05, 0.1) is 36.2 Å². The molecular weight excluding hydrogens is 695 g/mol. The average molecular weight is 738 g/mol. The molecule has 2 aliphatic rings. The maximum absolute atomic E-state index is 14.9. The van der Waals surface area contributed by atoms with E-state index >= 15 is 0 Å². The quantitative estimate of drug-likeness (QED) is 0.252. The van der Waals surface area contributed by atoms with Crippen molar-refractivity contribution in [2.75, 3.05) is 39.3 Å². The number of nitriles is 1. The van der Waals surface area contributed by atoms with Gasteiger partial charge in [-0.15, -0.1) is 0 Å². The van der Waals surface area contributed by atoms with Crippen LogP contribution in [0.2, 0.25) is 15.1 Å². The van der Waals surface area contributed by atoms with Crippen molar-refractivity contribution in [3.63, 3.8) is 0 Å². The summed E-state index contributed by atoms with van der Waals surface area (Å²) in [5.41, 5.74) is 1.63. The standard InChI is InChI=1S/C38H43Cl3N6O3/c1-7-50-31-21-29(38(5,6)23-42)30(41)20-28(31)35-43-33(24-8-12-26(39)13-9-24)34(25-10-14-27(40)15-11-25)47(35)36(49)46-18-16-45(17-19-46)22-32(48)44-37(2,3)4/h8-15,20-21,33-34H,7,16-19,22H2,1-6H3,(H,44,48)/t33-,34+/m0/s1. The minimum absolute atomic E-state index is 0.0526. The minimum Gasteiger partial charge on any atom is -0.493 e. The highest BCUT2D eigenvalue weighted by molar-refractivity contribution is 6.32. The fourth-order valence-electron chi connectivity index (χ4n) is 6.31. The Hall–Kier alpha value is -3.81. The second-order valence-corrected chi connectivity index (χ2v) is 15.4. The van der Waals surface area contributed by atoms with Crippen molar-refractivity contribution < 1.29 is 14.3 Å². The van der Waals surface area contributed by atoms with E-state index in [0.717, 1.165) is 11.1 Å². The maximum atomic E-state index is 14.9. The topological polar surface area (TPSA) is 101 Å². The van der Waals surface area contributed by atoms with E-state index < -0.39 is 17.5 Å². The SMILES string of the molecule is CCOc1cc(C(C)(C)C#N)c(Cl)cc1C1=N[C@@H](c2ccc(Cl)cc2)[C@@H](c2ccc(Cl)cc2)N1C(=O)N1CCN(CC(=O)NC(C)(C)C)CC1. The summed E-state index contributed by atoms with van der Waals surface area (Å²) >= 11 is 19.6. The van der Waals surface area contributed by atoms with E-state index in [4.69, 9.17) is 44.5 Å². The molecule has 2 aliphatic heterocycles. The highest BCUT2D eigenvalue weighted by atomic mass is 35.5. The van der Waals surface area contributed by atoms with Gasteiger partial charge in [-0.2, -0.15) is 5.26 Å². The van der Waals surface area contributed by atoms with Gasteiger partial charge in [0.2, 0.25) is 5.91 Å². The van der Waals surface area contributed by atoms with E-state index in [1.54, 1.807) is 47.9 Å². The Bertz CT molecular complexity index is 1790. The van der Waals surface area contributed by atoms with Crippen LogP contribution in [0.1, 0.15) is 75.9 Å². The first-order valence-corrected chi connectivity index (χ1v) is 17.8. The number of hydrogen-bond donors (Lipinski definition) is 1. The third-order valence-corrected chi connectivity index (χ3v) is 9.60. The second-order valence-electron chi connectivity index (χ2n) is 14.2. The summed E-state index contributed by atoms with van der Waals surface area (Å²) in [6.45, 7) is 13.8. The van der Waals surface area contributed by atoms with Crippen molar-refractivity contribution in [2.24, 2.45) is 4.99 Å². The van der Waals surface area contributed by atoms with Crippen LogP contribution in [-0.2, 0) is 10.2 Å². The molecule has 3 aromatic rings. The Kier molecular flexibility index (Phi) is 11.4. The van der Waals surface area contributed by atoms with Gasteiger partial charge in [-0.3, -0.25) is 19.6 Å². The van der Waals surface area contributed by atoms with Crippen LogP contribution in [0.25, 0.3) is 0 Å². The molecule has 0 aliphatic carbocycles. The van der Waals surface area contributed by atoms with Crippen LogP contribution in [0.15, 0.2) is 65.7 Å². The lowest BCUT2D eigenvalue weighted by atomic mass is 9.85. The highest BCUT2D eigenvalue weighted by Crippen LogP contribution is 2.46. The number of carbonyl (C=O) groups is 2. The van der Waals surface area contributed by atoms with Crippen molar-refractivity contribution in [2.45, 2.75) is 64.6 Å². The van der Waals surface area contributed by atoms with Crippen LogP contribution in [0.4, 0.5) is 4.79 Å². The Morgan fingerprint density at radius 1 is 0.920 bits per heavy atom. The molecule has 1 N–H and O–H groups in total. The molecular formula is C38H43Cl3N6O3. The van der Waals surface area contributed by atoms with Crippen molar-refractivity contribution in [3.8, 4) is 11.8 Å². The van der Waals surface area contributed by atoms with Gasteiger partial charge in [-0.05, 0) is 94.6 Å². The first-order valence-electron chi connectivity index (χ1n) is 16.7. The molecule has 12 heteroatoms. The molecule has 3 amide bonds. The molecule has 1 fully saturated rings. The molecule has 3 aromatic carbocycles. The van der Waals surface area contributed by atoms with Gasteiger partial charge in [0.1, 0.15) is 17.6 Å². The molecule has 0 saturated carbocycles. The Labute approximate surface area is 309 Å². The van der Waals surface area contributed by atoms with E-state index in [1.807, 2.05) is 64.1 Å². The number of aliphatic imine (C=N–C) groups is 1. The number of ether oxygens (including phenoxy) is 1. The molecule has 5 rings (SSSR count). The van der Waals surface area contributed by atoms with Crippen LogP contribution < -0.4 is 10.1 Å². The molecule has 1 saturated heterocycles. The number of benzene rings is 3. The first kappa shape index (κ1) is 37.4. The van der Waals surface area contributed by atoms with Gasteiger partial charge in [0.25, 0.3) is 0 Å². The summed E-state index contributed by atoms with van der Waals surface area (Å²) in [6.07, 6.45) is 0. The van der Waals surface area contributed by atoms with Crippen molar-refractivity contribution >= 4 is 52.6 Å². The van der Waals surface area contributed by atoms with Crippen LogP contribution >= 0.6 is 34.8 Å². The Morgan fingerprint density at radius 2 is 1.50 bits per heavy atom. The normalized spacial score (nSPS) is 18.4. The van der Waals surface area contributed by atoms with Gasteiger partial charge in [0.15, 0.2) is 0 Å². The monoisotopic (exact) mass is 736 g/mol. The Morgan fingerprint density at radius 3 is 2.04 bits per heavy atom. The molecule has 2 atom stereocenters. The zero-order valence-electron chi connectivity index (χ0n) is 29.3. The number of amides is 3.